The summed E-state index contributed by atoms with van der Waals surface area (Å²) in [5, 5.41) is 9.06. The largest absolute Gasteiger partial charge is 0.479 e. The predicted octanol–water partition coefficient (Wildman–Crippen LogP) is 1.13. The predicted molar refractivity (Wildman–Crippen MR) is 82.3 cm³/mol. The maximum Gasteiger partial charge on any atom is 0.340 e. The number of nitrogens with zero attached hydrogens (tertiary/aromatic N) is 2. The molecular weight excluding hydrogens is 302 g/mol. The van der Waals surface area contributed by atoms with Crippen LogP contribution < -0.4 is 5.73 Å². The SMILES string of the molecule is CCOC(CCc1cn2cc(N)c(C(=O)OC)cc2n1)C(=O)O. The van der Waals surface area contributed by atoms with Crippen LogP contribution in [0.25, 0.3) is 5.65 Å². The van der Waals surface area contributed by atoms with E-state index in [-0.39, 0.29) is 11.3 Å². The maximum absolute atomic E-state index is 11.6. The van der Waals surface area contributed by atoms with Crippen LogP contribution in [0.5, 0.6) is 0 Å². The summed E-state index contributed by atoms with van der Waals surface area (Å²) in [5.74, 6) is -1.52. The third kappa shape index (κ3) is 3.78. The van der Waals surface area contributed by atoms with Gasteiger partial charge in [0.1, 0.15) is 5.65 Å². The molecule has 124 valence electrons. The summed E-state index contributed by atoms with van der Waals surface area (Å²) in [6, 6.07) is 1.54. The fraction of sp³-hybridized carbons (Fsp3) is 0.400. The molecule has 0 saturated carbocycles. The lowest BCUT2D eigenvalue weighted by molar-refractivity contribution is -0.150. The second-order valence-corrected chi connectivity index (χ2v) is 4.95. The minimum Gasteiger partial charge on any atom is -0.479 e. The van der Waals surface area contributed by atoms with Crippen LogP contribution in [0.15, 0.2) is 18.5 Å². The van der Waals surface area contributed by atoms with Crippen molar-refractivity contribution >= 4 is 23.3 Å². The number of carboxylic acids is 1. The van der Waals surface area contributed by atoms with Crippen LogP contribution in [0.4, 0.5) is 5.69 Å². The van der Waals surface area contributed by atoms with Gasteiger partial charge < -0.3 is 24.7 Å². The third-order valence-electron chi connectivity index (χ3n) is 3.38. The number of carbonyl (C=O) groups is 2. The van der Waals surface area contributed by atoms with E-state index < -0.39 is 18.0 Å². The standard InChI is InChI=1S/C15H19N3O5/c1-3-23-12(14(19)20)5-4-9-7-18-8-11(16)10(15(21)22-2)6-13(18)17-9/h6-8,12H,3-5,16H2,1-2H3,(H,19,20). The van der Waals surface area contributed by atoms with Crippen LogP contribution in [0, 0.1) is 0 Å². The zero-order valence-corrected chi connectivity index (χ0v) is 13.0. The summed E-state index contributed by atoms with van der Waals surface area (Å²) in [4.78, 5) is 27.1. The lowest BCUT2D eigenvalue weighted by atomic mass is 10.1. The number of pyridine rings is 1. The first-order valence-electron chi connectivity index (χ1n) is 7.16. The van der Waals surface area contributed by atoms with Gasteiger partial charge in [0.05, 0.1) is 24.1 Å². The van der Waals surface area contributed by atoms with Crippen molar-refractivity contribution in [3.63, 3.8) is 0 Å². The van der Waals surface area contributed by atoms with Gasteiger partial charge in [-0.15, -0.1) is 0 Å². The zero-order valence-electron chi connectivity index (χ0n) is 13.0. The van der Waals surface area contributed by atoms with Gasteiger partial charge in [-0.05, 0) is 25.8 Å². The van der Waals surface area contributed by atoms with Crippen LogP contribution >= 0.6 is 0 Å². The number of carboxylic acid groups (broad SMARTS) is 1. The monoisotopic (exact) mass is 321 g/mol. The Morgan fingerprint density at radius 2 is 2.17 bits per heavy atom. The van der Waals surface area contributed by atoms with Crippen molar-refractivity contribution in [1.82, 2.24) is 9.38 Å². The molecule has 0 bridgehead atoms. The van der Waals surface area contributed by atoms with E-state index in [1.807, 2.05) is 0 Å². The topological polar surface area (TPSA) is 116 Å². The normalized spacial score (nSPS) is 12.3. The second kappa shape index (κ2) is 7.10. The van der Waals surface area contributed by atoms with Crippen LogP contribution in [0.3, 0.4) is 0 Å². The molecule has 8 heteroatoms. The van der Waals surface area contributed by atoms with Gasteiger partial charge in [-0.25, -0.2) is 14.6 Å². The van der Waals surface area contributed by atoms with Gasteiger partial charge in [0.15, 0.2) is 6.10 Å². The summed E-state index contributed by atoms with van der Waals surface area (Å²) in [6.45, 7) is 2.08. The molecule has 2 aromatic heterocycles. The molecule has 2 heterocycles. The number of nitrogen functional groups attached to an aromatic ring is 1. The highest BCUT2D eigenvalue weighted by Gasteiger charge is 2.18. The Balaban J connectivity index is 2.20. The van der Waals surface area contributed by atoms with E-state index in [1.165, 1.54) is 7.11 Å². The van der Waals surface area contributed by atoms with Crippen LogP contribution in [0.2, 0.25) is 0 Å². The number of carbonyl (C=O) groups excluding carboxylic acids is 1. The van der Waals surface area contributed by atoms with Crippen molar-refractivity contribution in [2.45, 2.75) is 25.9 Å². The van der Waals surface area contributed by atoms with Crippen LogP contribution in [-0.4, -0.2) is 46.3 Å². The fourth-order valence-electron chi connectivity index (χ4n) is 2.27. The molecule has 0 aliphatic carbocycles. The minimum absolute atomic E-state index is 0.245. The number of methoxy groups -OCH3 is 1. The van der Waals surface area contributed by atoms with Crippen molar-refractivity contribution in [3.8, 4) is 0 Å². The molecule has 0 amide bonds. The van der Waals surface area contributed by atoms with E-state index in [4.69, 9.17) is 15.6 Å². The molecule has 2 rings (SSSR count). The molecule has 0 aliphatic rings. The Morgan fingerprint density at radius 3 is 2.78 bits per heavy atom. The van der Waals surface area contributed by atoms with E-state index in [1.54, 1.807) is 29.8 Å². The van der Waals surface area contributed by atoms with E-state index >= 15 is 0 Å². The van der Waals surface area contributed by atoms with Gasteiger partial charge >= 0.3 is 11.9 Å². The minimum atomic E-state index is -0.993. The number of anilines is 1. The highest BCUT2D eigenvalue weighted by Crippen LogP contribution is 2.17. The number of rotatable bonds is 7. The summed E-state index contributed by atoms with van der Waals surface area (Å²) >= 11 is 0. The van der Waals surface area contributed by atoms with Gasteiger partial charge in [-0.1, -0.05) is 0 Å². The molecule has 3 N–H and O–H groups in total. The van der Waals surface area contributed by atoms with Gasteiger partial charge in [-0.2, -0.15) is 0 Å². The number of fused-ring (bicyclic) bond motifs is 1. The molecular formula is C15H19N3O5. The number of hydrogen-bond acceptors (Lipinski definition) is 6. The Hall–Kier alpha value is -2.61. The van der Waals surface area contributed by atoms with Gasteiger partial charge in [0.25, 0.3) is 0 Å². The summed E-state index contributed by atoms with van der Waals surface area (Å²) < 4.78 is 11.5. The highest BCUT2D eigenvalue weighted by molar-refractivity contribution is 5.95. The van der Waals surface area contributed by atoms with E-state index in [0.29, 0.717) is 30.8 Å². The lowest BCUT2D eigenvalue weighted by Gasteiger charge is -2.10. The molecule has 1 unspecified atom stereocenters. The first-order chi connectivity index (χ1) is 11.0. The molecule has 0 radical (unpaired) electrons. The van der Waals surface area contributed by atoms with E-state index in [0.717, 1.165) is 0 Å². The van der Waals surface area contributed by atoms with Gasteiger partial charge in [0, 0.05) is 19.0 Å². The molecule has 2 aromatic rings. The number of nitrogens with two attached hydrogens (primary N) is 1. The average molecular weight is 321 g/mol. The molecule has 8 nitrogen and oxygen atoms in total. The number of ether oxygens (including phenoxy) is 2. The number of aryl methyl sites for hydroxylation is 1. The lowest BCUT2D eigenvalue weighted by Crippen LogP contribution is -2.24. The molecule has 0 aromatic carbocycles. The smallest absolute Gasteiger partial charge is 0.340 e. The van der Waals surface area contributed by atoms with Crippen molar-refractivity contribution in [1.29, 1.82) is 0 Å². The van der Waals surface area contributed by atoms with E-state index in [2.05, 4.69) is 9.72 Å². The van der Waals surface area contributed by atoms with Crippen LogP contribution in [0.1, 0.15) is 29.4 Å². The molecule has 23 heavy (non-hydrogen) atoms. The van der Waals surface area contributed by atoms with Crippen molar-refractivity contribution < 1.29 is 24.2 Å². The Labute approximate surface area is 132 Å². The van der Waals surface area contributed by atoms with Gasteiger partial charge in [0.2, 0.25) is 0 Å². The number of hydrogen-bond donors (Lipinski definition) is 2. The highest BCUT2D eigenvalue weighted by atomic mass is 16.5. The number of imidazole rings is 1. The first kappa shape index (κ1) is 16.8. The zero-order chi connectivity index (χ0) is 17.0. The molecule has 1 atom stereocenters. The third-order valence-corrected chi connectivity index (χ3v) is 3.38. The Morgan fingerprint density at radius 1 is 1.43 bits per heavy atom. The Bertz CT molecular complexity index is 725. The number of esters is 1. The molecule has 0 saturated heterocycles. The molecule has 0 fully saturated rings. The summed E-state index contributed by atoms with van der Waals surface area (Å²) in [5.41, 5.74) is 7.59. The average Bonchev–Trinajstić information content (AvgIpc) is 2.91. The maximum atomic E-state index is 11.6. The second-order valence-electron chi connectivity index (χ2n) is 4.95. The summed E-state index contributed by atoms with van der Waals surface area (Å²) in [6.07, 6.45) is 3.21. The number of aliphatic carboxylic acids is 1. The van der Waals surface area contributed by atoms with Crippen molar-refractivity contribution in [3.05, 3.63) is 29.7 Å². The summed E-state index contributed by atoms with van der Waals surface area (Å²) in [7, 11) is 1.28. The fourth-order valence-corrected chi connectivity index (χ4v) is 2.27. The van der Waals surface area contributed by atoms with Crippen molar-refractivity contribution in [2.24, 2.45) is 0 Å². The van der Waals surface area contributed by atoms with Crippen molar-refractivity contribution in [2.75, 3.05) is 19.5 Å². The molecule has 0 aliphatic heterocycles. The quantitative estimate of drug-likeness (QED) is 0.734. The Kier molecular flexibility index (Phi) is 5.17. The number of aromatic nitrogens is 2. The molecule has 0 spiro atoms. The van der Waals surface area contributed by atoms with Gasteiger partial charge in [-0.3, -0.25) is 0 Å². The van der Waals surface area contributed by atoms with Crippen LogP contribution in [-0.2, 0) is 20.7 Å². The van der Waals surface area contributed by atoms with E-state index in [9.17, 15) is 9.59 Å². The first-order valence-corrected chi connectivity index (χ1v) is 7.16.